The van der Waals surface area contributed by atoms with Gasteiger partial charge in [0.2, 0.25) is 5.95 Å². The van der Waals surface area contributed by atoms with E-state index in [0.717, 1.165) is 35.4 Å². The normalized spacial score (nSPS) is 20.4. The molecular weight excluding hydrogens is 367 g/mol. The quantitative estimate of drug-likeness (QED) is 0.655. The summed E-state index contributed by atoms with van der Waals surface area (Å²) in [5, 5.41) is 4.91. The Morgan fingerprint density at radius 3 is 2.54 bits per heavy atom. The second-order valence-corrected chi connectivity index (χ2v) is 7.72. The van der Waals surface area contributed by atoms with Gasteiger partial charge in [0.1, 0.15) is 0 Å². The van der Waals surface area contributed by atoms with Crippen LogP contribution in [0.3, 0.4) is 0 Å². The SMILES string of the molecule is N[C@@H]1CCCC[C@H]1Nc1nc2ccccc2n1Cc1c(Cl)cccc1Cl. The van der Waals surface area contributed by atoms with Crippen LogP contribution < -0.4 is 11.1 Å². The first-order valence-electron chi connectivity index (χ1n) is 9.04. The smallest absolute Gasteiger partial charge is 0.204 e. The summed E-state index contributed by atoms with van der Waals surface area (Å²) >= 11 is 12.8. The first-order chi connectivity index (χ1) is 12.6. The number of nitrogens with two attached hydrogens (primary N) is 1. The van der Waals surface area contributed by atoms with E-state index >= 15 is 0 Å². The number of hydrogen-bond donors (Lipinski definition) is 2. The molecular formula is C20H22Cl2N4. The lowest BCUT2D eigenvalue weighted by Gasteiger charge is -2.30. The van der Waals surface area contributed by atoms with Crippen LogP contribution in [0.25, 0.3) is 11.0 Å². The summed E-state index contributed by atoms with van der Waals surface area (Å²) in [5.74, 6) is 0.824. The number of nitrogens with zero attached hydrogens (tertiary/aromatic N) is 2. The van der Waals surface area contributed by atoms with Crippen LogP contribution in [0.5, 0.6) is 0 Å². The number of anilines is 1. The molecule has 26 heavy (non-hydrogen) atoms. The molecule has 1 aliphatic carbocycles. The predicted octanol–water partition coefficient (Wildman–Crippen LogP) is 5.07. The fraction of sp³-hybridized carbons (Fsp3) is 0.350. The number of para-hydroxylation sites is 2. The molecule has 3 N–H and O–H groups in total. The molecule has 0 radical (unpaired) electrons. The molecule has 0 aliphatic heterocycles. The van der Waals surface area contributed by atoms with E-state index in [4.69, 9.17) is 33.9 Å². The summed E-state index contributed by atoms with van der Waals surface area (Å²) in [6.07, 6.45) is 4.51. The van der Waals surface area contributed by atoms with Gasteiger partial charge in [-0.15, -0.1) is 0 Å². The Morgan fingerprint density at radius 1 is 1.04 bits per heavy atom. The maximum absolute atomic E-state index is 6.41. The van der Waals surface area contributed by atoms with Crippen LogP contribution >= 0.6 is 23.2 Å². The van der Waals surface area contributed by atoms with Crippen molar-refractivity contribution in [2.24, 2.45) is 5.73 Å². The number of benzene rings is 2. The maximum atomic E-state index is 6.41. The summed E-state index contributed by atoms with van der Waals surface area (Å²) in [4.78, 5) is 4.81. The van der Waals surface area contributed by atoms with E-state index in [1.54, 1.807) is 0 Å². The predicted molar refractivity (Wildman–Crippen MR) is 109 cm³/mol. The van der Waals surface area contributed by atoms with Crippen LogP contribution in [0.4, 0.5) is 5.95 Å². The third-order valence-corrected chi connectivity index (χ3v) is 5.87. The molecule has 1 fully saturated rings. The van der Waals surface area contributed by atoms with Crippen molar-refractivity contribution < 1.29 is 0 Å². The minimum absolute atomic E-state index is 0.154. The molecule has 4 rings (SSSR count). The van der Waals surface area contributed by atoms with Gasteiger partial charge in [-0.25, -0.2) is 4.98 Å². The molecule has 4 nitrogen and oxygen atoms in total. The number of hydrogen-bond acceptors (Lipinski definition) is 3. The Labute approximate surface area is 163 Å². The average Bonchev–Trinajstić information content (AvgIpc) is 2.97. The topological polar surface area (TPSA) is 55.9 Å². The van der Waals surface area contributed by atoms with E-state index < -0.39 is 0 Å². The molecule has 1 aromatic heterocycles. The number of rotatable bonds is 4. The van der Waals surface area contributed by atoms with Crippen molar-refractivity contribution >= 4 is 40.2 Å². The molecule has 0 saturated heterocycles. The first kappa shape index (κ1) is 17.7. The minimum atomic E-state index is 0.154. The second-order valence-electron chi connectivity index (χ2n) is 6.91. The Kier molecular flexibility index (Phi) is 5.07. The van der Waals surface area contributed by atoms with Gasteiger partial charge in [-0.1, -0.05) is 54.2 Å². The highest BCUT2D eigenvalue weighted by Crippen LogP contribution is 2.30. The van der Waals surface area contributed by atoms with Crippen LogP contribution in [0, 0.1) is 0 Å². The molecule has 1 aliphatic rings. The number of aromatic nitrogens is 2. The van der Waals surface area contributed by atoms with Gasteiger partial charge in [0.15, 0.2) is 0 Å². The summed E-state index contributed by atoms with van der Waals surface area (Å²) in [5.41, 5.74) is 9.23. The lowest BCUT2D eigenvalue weighted by molar-refractivity contribution is 0.401. The molecule has 0 spiro atoms. The van der Waals surface area contributed by atoms with Crippen LogP contribution in [0.1, 0.15) is 31.2 Å². The Bertz CT molecular complexity index is 901. The third-order valence-electron chi connectivity index (χ3n) is 5.17. The van der Waals surface area contributed by atoms with Crippen molar-refractivity contribution in [1.29, 1.82) is 0 Å². The summed E-state index contributed by atoms with van der Waals surface area (Å²) in [6, 6.07) is 14.1. The minimum Gasteiger partial charge on any atom is -0.351 e. The standard InChI is InChI=1S/C20H22Cl2N4/c21-14-6-5-7-15(22)13(14)12-26-19-11-4-3-10-18(19)25-20(26)24-17-9-2-1-8-16(17)23/h3-7,10-11,16-17H,1-2,8-9,12,23H2,(H,24,25)/t16-,17-/m1/s1. The van der Waals surface area contributed by atoms with Crippen LogP contribution in [0.2, 0.25) is 10.0 Å². The Balaban J connectivity index is 1.74. The molecule has 0 bridgehead atoms. The van der Waals surface area contributed by atoms with Gasteiger partial charge in [0, 0.05) is 27.7 Å². The zero-order valence-corrected chi connectivity index (χ0v) is 16.0. The molecule has 2 aromatic carbocycles. The highest BCUT2D eigenvalue weighted by atomic mass is 35.5. The van der Waals surface area contributed by atoms with Gasteiger partial charge in [0.05, 0.1) is 17.6 Å². The fourth-order valence-electron chi connectivity index (χ4n) is 3.69. The van der Waals surface area contributed by atoms with Gasteiger partial charge >= 0.3 is 0 Å². The lowest BCUT2D eigenvalue weighted by Crippen LogP contribution is -2.43. The van der Waals surface area contributed by atoms with E-state index in [0.29, 0.717) is 16.6 Å². The number of fused-ring (bicyclic) bond motifs is 1. The Hall–Kier alpha value is -1.75. The van der Waals surface area contributed by atoms with Crippen molar-refractivity contribution in [2.45, 2.75) is 44.3 Å². The molecule has 3 aromatic rings. The van der Waals surface area contributed by atoms with Gasteiger partial charge < -0.3 is 15.6 Å². The third kappa shape index (κ3) is 3.41. The summed E-state index contributed by atoms with van der Waals surface area (Å²) in [7, 11) is 0. The van der Waals surface area contributed by atoms with Crippen LogP contribution in [0.15, 0.2) is 42.5 Å². The second kappa shape index (κ2) is 7.47. The van der Waals surface area contributed by atoms with Crippen molar-refractivity contribution in [2.75, 3.05) is 5.32 Å². The van der Waals surface area contributed by atoms with Crippen LogP contribution in [-0.4, -0.2) is 21.6 Å². The zero-order chi connectivity index (χ0) is 18.1. The van der Waals surface area contributed by atoms with E-state index in [-0.39, 0.29) is 12.1 Å². The van der Waals surface area contributed by atoms with E-state index in [1.165, 1.54) is 12.8 Å². The lowest BCUT2D eigenvalue weighted by atomic mass is 9.91. The van der Waals surface area contributed by atoms with E-state index in [2.05, 4.69) is 16.0 Å². The molecule has 2 atom stereocenters. The fourth-order valence-corrected chi connectivity index (χ4v) is 4.21. The van der Waals surface area contributed by atoms with Gasteiger partial charge in [-0.3, -0.25) is 0 Å². The van der Waals surface area contributed by atoms with Crippen LogP contribution in [-0.2, 0) is 6.54 Å². The van der Waals surface area contributed by atoms with E-state index in [9.17, 15) is 0 Å². The van der Waals surface area contributed by atoms with Crippen molar-refractivity contribution in [3.05, 3.63) is 58.1 Å². The van der Waals surface area contributed by atoms with E-state index in [1.807, 2.05) is 36.4 Å². The molecule has 0 unspecified atom stereocenters. The number of halogens is 2. The molecule has 6 heteroatoms. The van der Waals surface area contributed by atoms with Gasteiger partial charge in [-0.2, -0.15) is 0 Å². The molecule has 0 amide bonds. The van der Waals surface area contributed by atoms with Crippen molar-refractivity contribution in [1.82, 2.24) is 9.55 Å². The number of imidazole rings is 1. The molecule has 1 heterocycles. The monoisotopic (exact) mass is 388 g/mol. The van der Waals surface area contributed by atoms with Crippen molar-refractivity contribution in [3.63, 3.8) is 0 Å². The average molecular weight is 389 g/mol. The highest BCUT2D eigenvalue weighted by Gasteiger charge is 2.24. The maximum Gasteiger partial charge on any atom is 0.204 e. The largest absolute Gasteiger partial charge is 0.351 e. The zero-order valence-electron chi connectivity index (χ0n) is 14.5. The Morgan fingerprint density at radius 2 is 1.77 bits per heavy atom. The first-order valence-corrected chi connectivity index (χ1v) is 9.79. The molecule has 136 valence electrons. The number of nitrogens with one attached hydrogen (secondary N) is 1. The molecule has 1 saturated carbocycles. The summed E-state index contributed by atoms with van der Waals surface area (Å²) < 4.78 is 2.14. The van der Waals surface area contributed by atoms with Crippen molar-refractivity contribution in [3.8, 4) is 0 Å². The highest BCUT2D eigenvalue weighted by molar-refractivity contribution is 6.36. The van der Waals surface area contributed by atoms with Gasteiger partial charge in [0.25, 0.3) is 0 Å². The van der Waals surface area contributed by atoms with Gasteiger partial charge in [-0.05, 0) is 37.1 Å². The summed E-state index contributed by atoms with van der Waals surface area (Å²) in [6.45, 7) is 0.559.